The lowest BCUT2D eigenvalue weighted by Crippen LogP contribution is -2.39. The number of thiazole rings is 1. The Balaban J connectivity index is 1.68. The molecule has 228 valence electrons. The molecule has 0 fully saturated rings. The molecule has 0 N–H and O–H groups in total. The summed E-state index contributed by atoms with van der Waals surface area (Å²) < 4.78 is 29.4. The number of ether oxygens (including phenoxy) is 5. The van der Waals surface area contributed by atoms with Gasteiger partial charge in [0.05, 0.1) is 43.1 Å². The van der Waals surface area contributed by atoms with Crippen molar-refractivity contribution in [3.05, 3.63) is 97.2 Å². The zero-order valence-electron chi connectivity index (χ0n) is 24.8. The van der Waals surface area contributed by atoms with Gasteiger partial charge >= 0.3 is 11.9 Å². The van der Waals surface area contributed by atoms with Crippen LogP contribution in [-0.2, 0) is 19.1 Å². The van der Waals surface area contributed by atoms with E-state index in [2.05, 4.69) is 4.99 Å². The molecule has 0 radical (unpaired) electrons. The van der Waals surface area contributed by atoms with Crippen molar-refractivity contribution < 1.29 is 33.3 Å². The smallest absolute Gasteiger partial charge is 0.344 e. The Kier molecular flexibility index (Phi) is 9.44. The van der Waals surface area contributed by atoms with Crippen LogP contribution in [0.25, 0.3) is 16.8 Å². The van der Waals surface area contributed by atoms with Crippen LogP contribution in [0.4, 0.5) is 0 Å². The van der Waals surface area contributed by atoms with E-state index < -0.39 is 18.0 Å². The Morgan fingerprint density at radius 2 is 1.68 bits per heavy atom. The summed E-state index contributed by atoms with van der Waals surface area (Å²) in [7, 11) is 1.29. The van der Waals surface area contributed by atoms with E-state index in [0.29, 0.717) is 50.9 Å². The molecule has 44 heavy (non-hydrogen) atoms. The Morgan fingerprint density at radius 1 is 0.932 bits per heavy atom. The van der Waals surface area contributed by atoms with Gasteiger partial charge in [0.25, 0.3) is 5.56 Å². The minimum absolute atomic E-state index is 0.196. The summed E-state index contributed by atoms with van der Waals surface area (Å²) >= 11 is 1.18. The first-order valence-electron chi connectivity index (χ1n) is 14.2. The lowest BCUT2D eigenvalue weighted by atomic mass is 9.97. The molecular formula is C33H32N2O8S. The number of nitrogens with zero attached hydrogens (tertiary/aromatic N) is 2. The molecule has 10 nitrogen and oxygen atoms in total. The summed E-state index contributed by atoms with van der Waals surface area (Å²) in [5, 5.41) is 1.76. The van der Waals surface area contributed by atoms with Gasteiger partial charge in [0.15, 0.2) is 22.9 Å². The van der Waals surface area contributed by atoms with Gasteiger partial charge in [-0.05, 0) is 61.4 Å². The fourth-order valence-corrected chi connectivity index (χ4v) is 5.96. The van der Waals surface area contributed by atoms with E-state index in [-0.39, 0.29) is 24.3 Å². The van der Waals surface area contributed by atoms with Gasteiger partial charge in [0.2, 0.25) is 0 Å². The van der Waals surface area contributed by atoms with Crippen molar-refractivity contribution in [2.75, 3.05) is 33.5 Å². The first kappa shape index (κ1) is 30.6. The summed E-state index contributed by atoms with van der Waals surface area (Å²) in [6, 6.07) is 15.8. The topological polar surface area (TPSA) is 115 Å². The van der Waals surface area contributed by atoms with E-state index in [1.807, 2.05) is 44.2 Å². The van der Waals surface area contributed by atoms with Crippen molar-refractivity contribution in [3.8, 4) is 17.2 Å². The van der Waals surface area contributed by atoms with Gasteiger partial charge in [-0.25, -0.2) is 14.6 Å². The summed E-state index contributed by atoms with van der Waals surface area (Å²) in [5.41, 5.74) is 1.09. The predicted octanol–water partition coefficient (Wildman–Crippen LogP) is 3.91. The van der Waals surface area contributed by atoms with Crippen LogP contribution in [0.3, 0.4) is 0 Å². The van der Waals surface area contributed by atoms with Crippen molar-refractivity contribution in [3.63, 3.8) is 0 Å². The molecule has 1 aliphatic heterocycles. The summed E-state index contributed by atoms with van der Waals surface area (Å²) in [6.07, 6.45) is 3.17. The molecule has 1 aromatic heterocycles. The van der Waals surface area contributed by atoms with E-state index in [9.17, 15) is 14.4 Å². The molecule has 1 atom stereocenters. The third-order valence-corrected chi connectivity index (χ3v) is 7.86. The number of rotatable bonds is 11. The van der Waals surface area contributed by atoms with Crippen LogP contribution in [-0.4, -0.2) is 50.0 Å². The highest BCUT2D eigenvalue weighted by molar-refractivity contribution is 7.07. The number of aromatic nitrogens is 1. The fraction of sp³-hybridized carbons (Fsp3) is 0.273. The Hall–Kier alpha value is -4.90. The SMILES string of the molecule is CCOC(=O)COc1ccc2ccccc2c1/C=c1/sc2n(c1=O)[C@@H](c1ccc(OCC)c(OCC)c1)C(C(=O)OC)=CN=2. The van der Waals surface area contributed by atoms with Crippen molar-refractivity contribution >= 4 is 40.1 Å². The molecule has 4 aromatic rings. The Bertz CT molecular complexity index is 1920. The number of carbonyl (C=O) groups excluding carboxylic acids is 2. The van der Waals surface area contributed by atoms with Crippen LogP contribution >= 0.6 is 11.3 Å². The lowest BCUT2D eigenvalue weighted by Gasteiger charge is -2.23. The zero-order chi connectivity index (χ0) is 31.2. The first-order chi connectivity index (χ1) is 21.4. The number of methoxy groups -OCH3 is 1. The summed E-state index contributed by atoms with van der Waals surface area (Å²) in [6.45, 7) is 6.27. The van der Waals surface area contributed by atoms with Crippen LogP contribution < -0.4 is 29.1 Å². The maximum atomic E-state index is 14.2. The molecule has 5 rings (SSSR count). The number of benzene rings is 3. The predicted molar refractivity (Wildman–Crippen MR) is 166 cm³/mol. The van der Waals surface area contributed by atoms with Crippen molar-refractivity contribution in [2.45, 2.75) is 26.8 Å². The summed E-state index contributed by atoms with van der Waals surface area (Å²) in [4.78, 5) is 44.0. The van der Waals surface area contributed by atoms with E-state index >= 15 is 0 Å². The molecule has 0 saturated heterocycles. The number of hydrogen-bond donors (Lipinski definition) is 0. The highest BCUT2D eigenvalue weighted by Gasteiger charge is 2.31. The van der Waals surface area contributed by atoms with Crippen LogP contribution in [0, 0.1) is 0 Å². The molecule has 0 saturated carbocycles. The van der Waals surface area contributed by atoms with E-state index in [1.54, 1.807) is 37.3 Å². The Labute approximate surface area is 257 Å². The molecule has 2 heterocycles. The monoisotopic (exact) mass is 616 g/mol. The zero-order valence-corrected chi connectivity index (χ0v) is 25.6. The third kappa shape index (κ3) is 6.09. The number of carbonyl (C=O) groups is 2. The maximum Gasteiger partial charge on any atom is 0.344 e. The van der Waals surface area contributed by atoms with E-state index in [1.165, 1.54) is 29.2 Å². The molecular weight excluding hydrogens is 584 g/mol. The minimum atomic E-state index is -0.831. The van der Waals surface area contributed by atoms with Crippen LogP contribution in [0.5, 0.6) is 17.2 Å². The second-order valence-corrected chi connectivity index (χ2v) is 10.5. The van der Waals surface area contributed by atoms with Gasteiger partial charge in [-0.15, -0.1) is 0 Å². The first-order valence-corrected chi connectivity index (χ1v) is 15.0. The second-order valence-electron chi connectivity index (χ2n) is 9.54. The maximum absolute atomic E-state index is 14.2. The molecule has 3 aromatic carbocycles. The summed E-state index contributed by atoms with van der Waals surface area (Å²) in [5.74, 6) is 0.365. The molecule has 1 aliphatic rings. The van der Waals surface area contributed by atoms with Gasteiger partial charge in [0, 0.05) is 11.8 Å². The molecule has 0 bridgehead atoms. The van der Waals surface area contributed by atoms with Crippen molar-refractivity contribution in [1.82, 2.24) is 4.57 Å². The third-order valence-electron chi connectivity index (χ3n) is 6.87. The van der Waals surface area contributed by atoms with Gasteiger partial charge in [0.1, 0.15) is 5.75 Å². The number of hydrogen-bond acceptors (Lipinski definition) is 10. The molecule has 11 heteroatoms. The minimum Gasteiger partial charge on any atom is -0.490 e. The van der Waals surface area contributed by atoms with Crippen LogP contribution in [0.15, 0.2) is 76.2 Å². The van der Waals surface area contributed by atoms with E-state index in [4.69, 9.17) is 23.7 Å². The van der Waals surface area contributed by atoms with Gasteiger partial charge < -0.3 is 23.7 Å². The molecule has 0 amide bonds. The van der Waals surface area contributed by atoms with Crippen LogP contribution in [0.2, 0.25) is 0 Å². The average molecular weight is 617 g/mol. The Morgan fingerprint density at radius 3 is 2.43 bits per heavy atom. The highest BCUT2D eigenvalue weighted by Crippen LogP contribution is 2.35. The quantitative estimate of drug-likeness (QED) is 0.233. The molecule has 0 spiro atoms. The second kappa shape index (κ2) is 13.6. The lowest BCUT2D eigenvalue weighted by molar-refractivity contribution is -0.145. The fourth-order valence-electron chi connectivity index (χ4n) is 5.01. The van der Waals surface area contributed by atoms with Gasteiger partial charge in [-0.3, -0.25) is 9.36 Å². The largest absolute Gasteiger partial charge is 0.490 e. The van der Waals surface area contributed by atoms with Crippen molar-refractivity contribution in [2.24, 2.45) is 4.99 Å². The highest BCUT2D eigenvalue weighted by atomic mass is 32.1. The molecule has 0 aliphatic carbocycles. The van der Waals surface area contributed by atoms with E-state index in [0.717, 1.165) is 10.8 Å². The number of fused-ring (bicyclic) bond motifs is 2. The number of esters is 2. The van der Waals surface area contributed by atoms with Gasteiger partial charge in [-0.2, -0.15) is 0 Å². The average Bonchev–Trinajstić information content (AvgIpc) is 3.35. The molecule has 0 unspecified atom stereocenters. The van der Waals surface area contributed by atoms with Crippen molar-refractivity contribution in [1.29, 1.82) is 0 Å². The normalized spacial score (nSPS) is 14.3. The standard InChI is InChI=1S/C33H32N2O8S/c1-5-40-26-15-13-21(16-27(26)41-6-2)30-24(32(38)39-4)18-34-33-35(30)31(37)28(44-33)17-23-22-11-9-8-10-20(22)12-14-25(23)43-19-29(36)42-7-3/h8-18,30H,5-7,19H2,1-4H3/b28-17+/t30-/m0/s1. The van der Waals surface area contributed by atoms with Crippen LogP contribution in [0.1, 0.15) is 37.9 Å². The van der Waals surface area contributed by atoms with Gasteiger partial charge in [-0.1, -0.05) is 47.7 Å².